The first kappa shape index (κ1) is 19.2. The molecule has 1 aliphatic rings. The van der Waals surface area contributed by atoms with Crippen molar-refractivity contribution in [3.8, 4) is 5.75 Å². The number of hydrogen-bond acceptors (Lipinski definition) is 3. The third-order valence-corrected chi connectivity index (χ3v) is 5.65. The van der Waals surface area contributed by atoms with Crippen LogP contribution in [0.4, 0.5) is 0 Å². The summed E-state index contributed by atoms with van der Waals surface area (Å²) < 4.78 is 5.76. The molecule has 142 valence electrons. The SMILES string of the molecule is CC1(C)CCC(C)(C)c2cc(OCC(=O)c3ccc(C(=O)O)cc3)ccc21. The number of carbonyl (C=O) groups is 2. The molecular weight excluding hydrogens is 340 g/mol. The summed E-state index contributed by atoms with van der Waals surface area (Å²) in [5.41, 5.74) is 3.47. The molecule has 0 amide bonds. The summed E-state index contributed by atoms with van der Waals surface area (Å²) in [6, 6.07) is 12.0. The predicted octanol–water partition coefficient (Wildman–Crippen LogP) is 5.00. The van der Waals surface area contributed by atoms with Crippen molar-refractivity contribution in [1.82, 2.24) is 0 Å². The summed E-state index contributed by atoms with van der Waals surface area (Å²) >= 11 is 0. The Kier molecular flexibility index (Phi) is 4.85. The zero-order valence-corrected chi connectivity index (χ0v) is 16.3. The summed E-state index contributed by atoms with van der Waals surface area (Å²) in [6.07, 6.45) is 2.27. The topological polar surface area (TPSA) is 63.6 Å². The molecule has 0 saturated heterocycles. The van der Waals surface area contributed by atoms with Crippen molar-refractivity contribution < 1.29 is 19.4 Å². The summed E-state index contributed by atoms with van der Waals surface area (Å²) in [4.78, 5) is 23.2. The molecule has 1 N–H and O–H groups in total. The van der Waals surface area contributed by atoms with Gasteiger partial charge in [0.05, 0.1) is 5.56 Å². The molecule has 4 heteroatoms. The number of ether oxygens (including phenoxy) is 1. The van der Waals surface area contributed by atoms with E-state index in [1.54, 1.807) is 0 Å². The van der Waals surface area contributed by atoms with Crippen LogP contribution in [0.15, 0.2) is 42.5 Å². The monoisotopic (exact) mass is 366 g/mol. The quantitative estimate of drug-likeness (QED) is 0.757. The molecular formula is C23H26O4. The van der Waals surface area contributed by atoms with Gasteiger partial charge in [0.15, 0.2) is 12.4 Å². The number of Topliss-reactive ketones (excluding diaryl/α,β-unsaturated/α-hetero) is 1. The highest BCUT2D eigenvalue weighted by atomic mass is 16.5. The largest absolute Gasteiger partial charge is 0.485 e. The molecule has 0 spiro atoms. The van der Waals surface area contributed by atoms with Crippen LogP contribution in [0.3, 0.4) is 0 Å². The second-order valence-corrected chi connectivity index (χ2v) is 8.57. The van der Waals surface area contributed by atoms with Gasteiger partial charge >= 0.3 is 5.97 Å². The van der Waals surface area contributed by atoms with Gasteiger partial charge in [0, 0.05) is 5.56 Å². The van der Waals surface area contributed by atoms with Crippen molar-refractivity contribution in [1.29, 1.82) is 0 Å². The minimum absolute atomic E-state index is 0.0744. The average molecular weight is 366 g/mol. The number of hydrogen-bond donors (Lipinski definition) is 1. The van der Waals surface area contributed by atoms with E-state index in [0.29, 0.717) is 11.3 Å². The van der Waals surface area contributed by atoms with Crippen LogP contribution in [0.25, 0.3) is 0 Å². The van der Waals surface area contributed by atoms with Gasteiger partial charge in [0.2, 0.25) is 0 Å². The van der Waals surface area contributed by atoms with Crippen molar-refractivity contribution in [3.05, 3.63) is 64.7 Å². The molecule has 3 rings (SSSR count). The van der Waals surface area contributed by atoms with E-state index < -0.39 is 5.97 Å². The molecule has 0 radical (unpaired) electrons. The lowest BCUT2D eigenvalue weighted by molar-refractivity contribution is 0.0696. The van der Waals surface area contributed by atoms with Gasteiger partial charge in [0.25, 0.3) is 0 Å². The van der Waals surface area contributed by atoms with Crippen molar-refractivity contribution in [2.24, 2.45) is 0 Å². The Morgan fingerprint density at radius 3 is 2.04 bits per heavy atom. The number of ketones is 1. The highest BCUT2D eigenvalue weighted by molar-refractivity contribution is 5.98. The number of benzene rings is 2. The van der Waals surface area contributed by atoms with Crippen LogP contribution >= 0.6 is 0 Å². The van der Waals surface area contributed by atoms with E-state index in [-0.39, 0.29) is 28.8 Å². The van der Waals surface area contributed by atoms with Crippen LogP contribution in [-0.4, -0.2) is 23.5 Å². The molecule has 0 saturated carbocycles. The molecule has 0 unspecified atom stereocenters. The van der Waals surface area contributed by atoms with Crippen molar-refractivity contribution in [2.75, 3.05) is 6.61 Å². The van der Waals surface area contributed by atoms with Crippen LogP contribution in [-0.2, 0) is 10.8 Å². The Morgan fingerprint density at radius 1 is 0.889 bits per heavy atom. The minimum atomic E-state index is -1.01. The molecule has 0 atom stereocenters. The smallest absolute Gasteiger partial charge is 0.335 e. The number of fused-ring (bicyclic) bond motifs is 1. The van der Waals surface area contributed by atoms with Crippen molar-refractivity contribution >= 4 is 11.8 Å². The van der Waals surface area contributed by atoms with Gasteiger partial charge < -0.3 is 9.84 Å². The van der Waals surface area contributed by atoms with E-state index in [1.807, 2.05) is 6.07 Å². The zero-order valence-electron chi connectivity index (χ0n) is 16.3. The van der Waals surface area contributed by atoms with E-state index in [9.17, 15) is 9.59 Å². The Balaban J connectivity index is 1.75. The van der Waals surface area contributed by atoms with Crippen LogP contribution in [0.1, 0.15) is 72.4 Å². The van der Waals surface area contributed by atoms with E-state index in [1.165, 1.54) is 35.4 Å². The van der Waals surface area contributed by atoms with Gasteiger partial charge in [-0.3, -0.25) is 4.79 Å². The number of aromatic carboxylic acids is 1. The van der Waals surface area contributed by atoms with Crippen LogP contribution in [0.5, 0.6) is 5.75 Å². The average Bonchev–Trinajstić information content (AvgIpc) is 2.63. The molecule has 0 aromatic heterocycles. The van der Waals surface area contributed by atoms with Crippen LogP contribution in [0.2, 0.25) is 0 Å². The van der Waals surface area contributed by atoms with E-state index in [2.05, 4.69) is 39.8 Å². The molecule has 2 aromatic rings. The Hall–Kier alpha value is -2.62. The van der Waals surface area contributed by atoms with Gasteiger partial charge in [-0.1, -0.05) is 45.9 Å². The van der Waals surface area contributed by atoms with E-state index in [4.69, 9.17) is 9.84 Å². The van der Waals surface area contributed by atoms with Gasteiger partial charge in [-0.15, -0.1) is 0 Å². The molecule has 1 aliphatic carbocycles. The van der Waals surface area contributed by atoms with Crippen molar-refractivity contribution in [3.63, 3.8) is 0 Å². The lowest BCUT2D eigenvalue weighted by atomic mass is 9.63. The summed E-state index contributed by atoms with van der Waals surface area (Å²) in [5, 5.41) is 8.93. The predicted molar refractivity (Wildman–Crippen MR) is 105 cm³/mol. The van der Waals surface area contributed by atoms with Gasteiger partial charge in [-0.05, 0) is 59.1 Å². The highest BCUT2D eigenvalue weighted by Gasteiger charge is 2.37. The lowest BCUT2D eigenvalue weighted by Gasteiger charge is -2.41. The second kappa shape index (κ2) is 6.84. The maximum absolute atomic E-state index is 12.3. The molecule has 2 aromatic carbocycles. The summed E-state index contributed by atoms with van der Waals surface area (Å²) in [5.74, 6) is -0.496. The minimum Gasteiger partial charge on any atom is -0.485 e. The van der Waals surface area contributed by atoms with Gasteiger partial charge in [-0.25, -0.2) is 4.79 Å². The van der Waals surface area contributed by atoms with Gasteiger partial charge in [0.1, 0.15) is 5.75 Å². The number of carbonyl (C=O) groups excluding carboxylic acids is 1. The molecule has 4 nitrogen and oxygen atoms in total. The number of carboxylic acids is 1. The molecule has 0 bridgehead atoms. The summed E-state index contributed by atoms with van der Waals surface area (Å²) in [6.45, 7) is 8.97. The van der Waals surface area contributed by atoms with E-state index >= 15 is 0 Å². The van der Waals surface area contributed by atoms with Crippen LogP contribution in [0, 0.1) is 0 Å². The summed E-state index contributed by atoms with van der Waals surface area (Å²) in [7, 11) is 0. The molecule has 0 heterocycles. The fourth-order valence-corrected chi connectivity index (χ4v) is 3.69. The normalized spacial score (nSPS) is 17.0. The second-order valence-electron chi connectivity index (χ2n) is 8.57. The van der Waals surface area contributed by atoms with Crippen LogP contribution < -0.4 is 4.74 Å². The Bertz CT molecular complexity index is 876. The van der Waals surface area contributed by atoms with Crippen molar-refractivity contribution in [2.45, 2.75) is 51.4 Å². The lowest BCUT2D eigenvalue weighted by Crippen LogP contribution is -2.33. The first-order chi connectivity index (χ1) is 12.6. The number of rotatable bonds is 5. The highest BCUT2D eigenvalue weighted by Crippen LogP contribution is 2.46. The number of carboxylic acid groups (broad SMARTS) is 1. The fourth-order valence-electron chi connectivity index (χ4n) is 3.69. The maximum Gasteiger partial charge on any atom is 0.335 e. The molecule has 0 aliphatic heterocycles. The molecule has 0 fully saturated rings. The van der Waals surface area contributed by atoms with Gasteiger partial charge in [-0.2, -0.15) is 0 Å². The third kappa shape index (κ3) is 3.90. The zero-order chi connectivity index (χ0) is 19.8. The Morgan fingerprint density at radius 2 is 1.44 bits per heavy atom. The first-order valence-electron chi connectivity index (χ1n) is 9.24. The first-order valence-corrected chi connectivity index (χ1v) is 9.24. The molecule has 27 heavy (non-hydrogen) atoms. The standard InChI is InChI=1S/C23H26O4/c1-22(2)11-12-23(3,4)19-13-17(9-10-18(19)22)27-14-20(24)15-5-7-16(8-6-15)21(25)26/h5-10,13H,11-12,14H2,1-4H3,(H,25,26). The third-order valence-electron chi connectivity index (χ3n) is 5.65. The Labute approximate surface area is 160 Å². The van der Waals surface area contributed by atoms with E-state index in [0.717, 1.165) is 12.8 Å². The maximum atomic E-state index is 12.3. The fraction of sp³-hybridized carbons (Fsp3) is 0.391.